The lowest BCUT2D eigenvalue weighted by Gasteiger charge is -2.04. The van der Waals surface area contributed by atoms with E-state index in [0.29, 0.717) is 11.5 Å². The molecule has 8 nitrogen and oxygen atoms in total. The zero-order chi connectivity index (χ0) is 12.1. The van der Waals surface area contributed by atoms with Crippen LogP contribution in [0.15, 0.2) is 6.20 Å². The number of nitrogen functional groups attached to an aromatic ring is 1. The Hall–Kier alpha value is -2.25. The normalized spacial score (nSPS) is 9.81. The lowest BCUT2D eigenvalue weighted by Crippen LogP contribution is -2.19. The fraction of sp³-hybridized carbons (Fsp3) is 0.375. The van der Waals surface area contributed by atoms with Crippen LogP contribution in [0, 0.1) is 0 Å². The van der Waals surface area contributed by atoms with E-state index >= 15 is 0 Å². The van der Waals surface area contributed by atoms with Crippen LogP contribution in [-0.2, 0) is 16.6 Å². The monoisotopic (exact) mass is 227 g/mol. The largest absolute Gasteiger partial charge is 0.449 e. The third-order valence-corrected chi connectivity index (χ3v) is 1.83. The van der Waals surface area contributed by atoms with E-state index in [1.807, 2.05) is 0 Å². The Morgan fingerprint density at radius 1 is 1.62 bits per heavy atom. The molecule has 0 bridgehead atoms. The lowest BCUT2D eigenvalue weighted by atomic mass is 10.4. The van der Waals surface area contributed by atoms with Crippen molar-refractivity contribution in [3.8, 4) is 0 Å². The summed E-state index contributed by atoms with van der Waals surface area (Å²) in [7, 11) is 1.65. The van der Waals surface area contributed by atoms with Crippen molar-refractivity contribution in [1.29, 1.82) is 0 Å². The summed E-state index contributed by atoms with van der Waals surface area (Å²) >= 11 is 0. The van der Waals surface area contributed by atoms with Gasteiger partial charge in [-0.05, 0) is 0 Å². The molecule has 88 valence electrons. The first-order valence-corrected chi connectivity index (χ1v) is 4.50. The average molecular weight is 227 g/mol. The molecule has 0 atom stereocenters. The highest BCUT2D eigenvalue weighted by atomic mass is 16.5. The number of amides is 2. The number of rotatable bonds is 4. The summed E-state index contributed by atoms with van der Waals surface area (Å²) in [6, 6.07) is 0. The summed E-state index contributed by atoms with van der Waals surface area (Å²) in [6.45, 7) is -0.0681. The molecule has 0 radical (unpaired) electrons. The summed E-state index contributed by atoms with van der Waals surface area (Å²) in [5.41, 5.74) is 10.8. The molecular formula is C8H13N5O3. The molecule has 0 fully saturated rings. The van der Waals surface area contributed by atoms with Crippen molar-refractivity contribution < 1.29 is 14.3 Å². The van der Waals surface area contributed by atoms with E-state index in [9.17, 15) is 9.59 Å². The van der Waals surface area contributed by atoms with Gasteiger partial charge in [0, 0.05) is 7.05 Å². The SMILES string of the molecule is Cn1ncc(NC(=O)CCOC(N)=O)c1N. The number of ether oxygens (including phenoxy) is 1. The number of nitrogens with two attached hydrogens (primary N) is 2. The Kier molecular flexibility index (Phi) is 3.70. The number of anilines is 2. The van der Waals surface area contributed by atoms with Crippen LogP contribution >= 0.6 is 0 Å². The number of nitrogens with zero attached hydrogens (tertiary/aromatic N) is 2. The molecule has 0 unspecified atom stereocenters. The Balaban J connectivity index is 2.40. The van der Waals surface area contributed by atoms with Gasteiger partial charge in [0.15, 0.2) is 0 Å². The zero-order valence-electron chi connectivity index (χ0n) is 8.77. The topological polar surface area (TPSA) is 125 Å². The molecular weight excluding hydrogens is 214 g/mol. The minimum atomic E-state index is -0.909. The lowest BCUT2D eigenvalue weighted by molar-refractivity contribution is -0.116. The van der Waals surface area contributed by atoms with E-state index in [0.717, 1.165) is 0 Å². The smallest absolute Gasteiger partial charge is 0.404 e. The van der Waals surface area contributed by atoms with Gasteiger partial charge in [-0.3, -0.25) is 9.48 Å². The van der Waals surface area contributed by atoms with Crippen molar-refractivity contribution in [3.63, 3.8) is 0 Å². The van der Waals surface area contributed by atoms with Gasteiger partial charge < -0.3 is 21.5 Å². The molecule has 16 heavy (non-hydrogen) atoms. The third kappa shape index (κ3) is 3.15. The van der Waals surface area contributed by atoms with Gasteiger partial charge >= 0.3 is 6.09 Å². The summed E-state index contributed by atoms with van der Waals surface area (Å²) in [4.78, 5) is 21.6. The summed E-state index contributed by atoms with van der Waals surface area (Å²) in [6.07, 6.45) is 0.535. The van der Waals surface area contributed by atoms with E-state index in [2.05, 4.69) is 15.2 Å². The van der Waals surface area contributed by atoms with Gasteiger partial charge in [0.2, 0.25) is 5.91 Å². The van der Waals surface area contributed by atoms with Gasteiger partial charge in [-0.2, -0.15) is 5.10 Å². The molecule has 2 amide bonds. The number of hydrogen-bond donors (Lipinski definition) is 3. The van der Waals surface area contributed by atoms with Crippen LogP contribution in [-0.4, -0.2) is 28.4 Å². The van der Waals surface area contributed by atoms with Crippen molar-refractivity contribution in [3.05, 3.63) is 6.20 Å². The number of primary amides is 1. The molecule has 1 aromatic rings. The van der Waals surface area contributed by atoms with Crippen LogP contribution in [0.2, 0.25) is 0 Å². The highest BCUT2D eigenvalue weighted by Crippen LogP contribution is 2.15. The number of carbonyl (C=O) groups excluding carboxylic acids is 2. The van der Waals surface area contributed by atoms with Gasteiger partial charge in [-0.15, -0.1) is 0 Å². The quantitative estimate of drug-likeness (QED) is 0.634. The van der Waals surface area contributed by atoms with Crippen LogP contribution < -0.4 is 16.8 Å². The van der Waals surface area contributed by atoms with Gasteiger partial charge in [0.25, 0.3) is 0 Å². The second kappa shape index (κ2) is 5.01. The van der Waals surface area contributed by atoms with Crippen LogP contribution in [0.5, 0.6) is 0 Å². The van der Waals surface area contributed by atoms with Crippen LogP contribution in [0.3, 0.4) is 0 Å². The van der Waals surface area contributed by atoms with Gasteiger partial charge in [-0.1, -0.05) is 0 Å². The molecule has 1 heterocycles. The maximum Gasteiger partial charge on any atom is 0.404 e. The first-order valence-electron chi connectivity index (χ1n) is 4.50. The Morgan fingerprint density at radius 2 is 2.31 bits per heavy atom. The van der Waals surface area contributed by atoms with Crippen molar-refractivity contribution in [2.45, 2.75) is 6.42 Å². The van der Waals surface area contributed by atoms with Gasteiger partial charge in [0.05, 0.1) is 12.6 Å². The standard InChI is InChI=1S/C8H13N5O3/c1-13-7(9)5(4-11-13)12-6(14)2-3-16-8(10)15/h4H,2-3,9H2,1H3,(H2,10,15)(H,12,14). The molecule has 5 N–H and O–H groups in total. The number of aryl methyl sites for hydroxylation is 1. The second-order valence-electron chi connectivity index (χ2n) is 3.03. The van der Waals surface area contributed by atoms with Crippen molar-refractivity contribution in [1.82, 2.24) is 9.78 Å². The first-order chi connectivity index (χ1) is 7.50. The van der Waals surface area contributed by atoms with E-state index in [4.69, 9.17) is 11.5 Å². The molecule has 0 saturated carbocycles. The van der Waals surface area contributed by atoms with Crippen molar-refractivity contribution in [2.24, 2.45) is 12.8 Å². The number of hydrogen-bond acceptors (Lipinski definition) is 5. The summed E-state index contributed by atoms with van der Waals surface area (Å²) in [5, 5.41) is 6.37. The fourth-order valence-electron chi connectivity index (χ4n) is 1.00. The van der Waals surface area contributed by atoms with Crippen LogP contribution in [0.25, 0.3) is 0 Å². The Labute approximate surface area is 91.5 Å². The first kappa shape index (κ1) is 11.8. The molecule has 1 rings (SSSR count). The van der Waals surface area contributed by atoms with Gasteiger partial charge in [0.1, 0.15) is 18.1 Å². The minimum Gasteiger partial charge on any atom is -0.449 e. The highest BCUT2D eigenvalue weighted by molar-refractivity contribution is 5.93. The van der Waals surface area contributed by atoms with Crippen LogP contribution in [0.1, 0.15) is 6.42 Å². The van der Waals surface area contributed by atoms with Crippen molar-refractivity contribution >= 4 is 23.5 Å². The molecule has 0 aliphatic carbocycles. The molecule has 8 heteroatoms. The maximum atomic E-state index is 11.3. The van der Waals surface area contributed by atoms with Crippen molar-refractivity contribution in [2.75, 3.05) is 17.7 Å². The van der Waals surface area contributed by atoms with E-state index in [1.54, 1.807) is 7.05 Å². The summed E-state index contributed by atoms with van der Waals surface area (Å²) in [5.74, 6) is 0.0186. The average Bonchev–Trinajstić information content (AvgIpc) is 2.49. The fourth-order valence-corrected chi connectivity index (χ4v) is 1.00. The Bertz CT molecular complexity index is 400. The molecule has 0 aliphatic rings. The zero-order valence-corrected chi connectivity index (χ0v) is 8.77. The molecule has 0 aromatic carbocycles. The van der Waals surface area contributed by atoms with Gasteiger partial charge in [-0.25, -0.2) is 4.79 Å². The third-order valence-electron chi connectivity index (χ3n) is 1.83. The molecule has 0 saturated heterocycles. The van der Waals surface area contributed by atoms with E-state index < -0.39 is 6.09 Å². The molecule has 0 spiro atoms. The second-order valence-corrected chi connectivity index (χ2v) is 3.03. The molecule has 0 aliphatic heterocycles. The summed E-state index contributed by atoms with van der Waals surface area (Å²) < 4.78 is 5.84. The highest BCUT2D eigenvalue weighted by Gasteiger charge is 2.08. The molecule has 1 aromatic heterocycles. The number of carbonyl (C=O) groups is 2. The maximum absolute atomic E-state index is 11.3. The van der Waals surface area contributed by atoms with E-state index in [1.165, 1.54) is 10.9 Å². The number of nitrogens with one attached hydrogen (secondary N) is 1. The predicted molar refractivity (Wildman–Crippen MR) is 56.4 cm³/mol. The van der Waals surface area contributed by atoms with Crippen LogP contribution in [0.4, 0.5) is 16.3 Å². The van der Waals surface area contributed by atoms with E-state index in [-0.39, 0.29) is 18.9 Å². The predicted octanol–water partition coefficient (Wildman–Crippen LogP) is -0.574. The Morgan fingerprint density at radius 3 is 2.81 bits per heavy atom. The minimum absolute atomic E-state index is 0.0112. The number of aromatic nitrogens is 2.